The predicted octanol–water partition coefficient (Wildman–Crippen LogP) is 0.989. The summed E-state index contributed by atoms with van der Waals surface area (Å²) < 4.78 is 0. The van der Waals surface area contributed by atoms with E-state index in [0.29, 0.717) is 19.4 Å². The third-order valence-electron chi connectivity index (χ3n) is 2.31. The molecule has 5 nitrogen and oxygen atoms in total. The highest BCUT2D eigenvalue weighted by atomic mass is 16.3. The molecule has 1 unspecified atom stereocenters. The fraction of sp³-hybridized carbons (Fsp3) is 0.417. The van der Waals surface area contributed by atoms with Gasteiger partial charge in [0.15, 0.2) is 0 Å². The van der Waals surface area contributed by atoms with Crippen molar-refractivity contribution in [1.29, 1.82) is 0 Å². The van der Waals surface area contributed by atoms with Gasteiger partial charge in [0.2, 0.25) is 0 Å². The second-order valence-corrected chi connectivity index (χ2v) is 3.95. The maximum Gasteiger partial charge on any atom is 0.255 e. The lowest BCUT2D eigenvalue weighted by atomic mass is 10.1. The van der Waals surface area contributed by atoms with E-state index in [-0.39, 0.29) is 23.2 Å². The molecule has 0 fully saturated rings. The van der Waals surface area contributed by atoms with Crippen molar-refractivity contribution in [2.24, 2.45) is 0 Å². The molecule has 0 aliphatic carbocycles. The van der Waals surface area contributed by atoms with Crippen LogP contribution < -0.4 is 5.32 Å². The van der Waals surface area contributed by atoms with Crippen molar-refractivity contribution >= 4 is 5.91 Å². The van der Waals surface area contributed by atoms with Crippen molar-refractivity contribution in [3.8, 4) is 11.5 Å². The Morgan fingerprint density at radius 1 is 1.41 bits per heavy atom. The molecule has 0 aromatic heterocycles. The van der Waals surface area contributed by atoms with E-state index in [1.165, 1.54) is 18.2 Å². The van der Waals surface area contributed by atoms with Gasteiger partial charge in [-0.1, -0.05) is 0 Å². The van der Waals surface area contributed by atoms with E-state index in [4.69, 9.17) is 5.11 Å². The standard InChI is InChI=1S/C12H17NO4/c1-8(14)3-2-6-13-12(17)10-7-9(15)4-5-11(10)16/h4-5,7-8,14-16H,2-3,6H2,1H3,(H,13,17). The van der Waals surface area contributed by atoms with Gasteiger partial charge < -0.3 is 20.6 Å². The van der Waals surface area contributed by atoms with Crippen molar-refractivity contribution in [3.63, 3.8) is 0 Å². The Balaban J connectivity index is 2.49. The van der Waals surface area contributed by atoms with Gasteiger partial charge in [-0.05, 0) is 38.0 Å². The number of aliphatic hydroxyl groups is 1. The SMILES string of the molecule is CC(O)CCCNC(=O)c1cc(O)ccc1O. The zero-order chi connectivity index (χ0) is 12.8. The number of phenolic OH excluding ortho intramolecular Hbond substituents is 2. The molecule has 0 aliphatic rings. The second-order valence-electron chi connectivity index (χ2n) is 3.95. The van der Waals surface area contributed by atoms with Crippen LogP contribution in [0.4, 0.5) is 0 Å². The minimum Gasteiger partial charge on any atom is -0.508 e. The van der Waals surface area contributed by atoms with E-state index in [1.807, 2.05) is 0 Å². The van der Waals surface area contributed by atoms with Gasteiger partial charge in [-0.2, -0.15) is 0 Å². The molecular formula is C12H17NO4. The molecule has 0 radical (unpaired) electrons. The molecule has 17 heavy (non-hydrogen) atoms. The van der Waals surface area contributed by atoms with E-state index in [2.05, 4.69) is 5.32 Å². The highest BCUT2D eigenvalue weighted by Crippen LogP contribution is 2.21. The summed E-state index contributed by atoms with van der Waals surface area (Å²) >= 11 is 0. The molecule has 0 spiro atoms. The monoisotopic (exact) mass is 239 g/mol. The molecule has 1 atom stereocenters. The largest absolute Gasteiger partial charge is 0.508 e. The Labute approximate surface area is 99.7 Å². The third kappa shape index (κ3) is 4.32. The van der Waals surface area contributed by atoms with Crippen molar-refractivity contribution in [2.45, 2.75) is 25.9 Å². The maximum atomic E-state index is 11.6. The number of aliphatic hydroxyl groups excluding tert-OH is 1. The lowest BCUT2D eigenvalue weighted by Gasteiger charge is -2.08. The molecule has 1 aromatic carbocycles. The maximum absolute atomic E-state index is 11.6. The van der Waals surface area contributed by atoms with Crippen molar-refractivity contribution in [1.82, 2.24) is 5.32 Å². The summed E-state index contributed by atoms with van der Waals surface area (Å²) in [4.78, 5) is 11.6. The quantitative estimate of drug-likeness (QED) is 0.455. The molecule has 94 valence electrons. The van der Waals surface area contributed by atoms with Gasteiger partial charge in [-0.25, -0.2) is 0 Å². The number of phenols is 2. The Hall–Kier alpha value is -1.75. The molecule has 1 rings (SSSR count). The van der Waals surface area contributed by atoms with E-state index in [1.54, 1.807) is 6.92 Å². The van der Waals surface area contributed by atoms with Crippen molar-refractivity contribution < 1.29 is 20.1 Å². The molecule has 0 saturated heterocycles. The first kappa shape index (κ1) is 13.3. The van der Waals surface area contributed by atoms with Gasteiger partial charge in [-0.3, -0.25) is 4.79 Å². The van der Waals surface area contributed by atoms with Crippen LogP contribution in [0.1, 0.15) is 30.1 Å². The van der Waals surface area contributed by atoms with Crippen LogP contribution in [0.25, 0.3) is 0 Å². The smallest absolute Gasteiger partial charge is 0.255 e. The highest BCUT2D eigenvalue weighted by molar-refractivity contribution is 5.97. The molecule has 0 heterocycles. The number of aromatic hydroxyl groups is 2. The fourth-order valence-electron chi connectivity index (χ4n) is 1.40. The summed E-state index contributed by atoms with van der Waals surface area (Å²) in [5, 5.41) is 30.3. The number of amides is 1. The third-order valence-corrected chi connectivity index (χ3v) is 2.31. The number of rotatable bonds is 5. The van der Waals surface area contributed by atoms with Crippen LogP contribution in [0.15, 0.2) is 18.2 Å². The predicted molar refractivity (Wildman–Crippen MR) is 63.0 cm³/mol. The van der Waals surface area contributed by atoms with E-state index < -0.39 is 5.91 Å². The molecule has 4 N–H and O–H groups in total. The van der Waals surface area contributed by atoms with Crippen LogP contribution in [-0.4, -0.2) is 33.9 Å². The molecule has 5 heteroatoms. The zero-order valence-corrected chi connectivity index (χ0v) is 9.68. The Morgan fingerprint density at radius 2 is 2.12 bits per heavy atom. The summed E-state index contributed by atoms with van der Waals surface area (Å²) in [6.07, 6.45) is 0.871. The molecule has 0 saturated carbocycles. The van der Waals surface area contributed by atoms with Gasteiger partial charge in [0.05, 0.1) is 11.7 Å². The minimum absolute atomic E-state index is 0.0436. The van der Waals surface area contributed by atoms with Gasteiger partial charge in [0.1, 0.15) is 11.5 Å². The average molecular weight is 239 g/mol. The summed E-state index contributed by atoms with van der Waals surface area (Å²) in [6, 6.07) is 3.78. The summed E-state index contributed by atoms with van der Waals surface area (Å²) in [5.74, 6) is -0.684. The second kappa shape index (κ2) is 6.10. The van der Waals surface area contributed by atoms with Crippen LogP contribution in [0.3, 0.4) is 0 Å². The average Bonchev–Trinajstić information content (AvgIpc) is 2.27. The van der Waals surface area contributed by atoms with Crippen LogP contribution >= 0.6 is 0 Å². The summed E-state index contributed by atoms with van der Waals surface area (Å²) in [7, 11) is 0. The molecular weight excluding hydrogens is 222 g/mol. The van der Waals surface area contributed by atoms with Gasteiger partial charge in [0, 0.05) is 6.54 Å². The van der Waals surface area contributed by atoms with Crippen molar-refractivity contribution in [2.75, 3.05) is 6.54 Å². The lowest BCUT2D eigenvalue weighted by molar-refractivity contribution is 0.0946. The fourth-order valence-corrected chi connectivity index (χ4v) is 1.40. The molecule has 1 amide bonds. The normalized spacial score (nSPS) is 12.1. The van der Waals surface area contributed by atoms with Crippen molar-refractivity contribution in [3.05, 3.63) is 23.8 Å². The molecule has 0 aliphatic heterocycles. The van der Waals surface area contributed by atoms with E-state index in [0.717, 1.165) is 0 Å². The number of carbonyl (C=O) groups is 1. The molecule has 0 bridgehead atoms. The number of hydrogen-bond donors (Lipinski definition) is 4. The summed E-state index contributed by atoms with van der Waals surface area (Å²) in [5.41, 5.74) is 0.0436. The van der Waals surface area contributed by atoms with Gasteiger partial charge in [0.25, 0.3) is 5.91 Å². The van der Waals surface area contributed by atoms with Crippen LogP contribution in [0.5, 0.6) is 11.5 Å². The minimum atomic E-state index is -0.441. The number of hydrogen-bond acceptors (Lipinski definition) is 4. The first-order valence-corrected chi connectivity index (χ1v) is 5.49. The number of benzene rings is 1. The van der Waals surface area contributed by atoms with Gasteiger partial charge in [-0.15, -0.1) is 0 Å². The van der Waals surface area contributed by atoms with Crippen LogP contribution in [0, 0.1) is 0 Å². The number of nitrogens with one attached hydrogen (secondary N) is 1. The molecule has 1 aromatic rings. The topological polar surface area (TPSA) is 89.8 Å². The lowest BCUT2D eigenvalue weighted by Crippen LogP contribution is -2.25. The van der Waals surface area contributed by atoms with E-state index >= 15 is 0 Å². The first-order chi connectivity index (χ1) is 8.00. The Kier molecular flexibility index (Phi) is 4.78. The van der Waals surface area contributed by atoms with Crippen LogP contribution in [-0.2, 0) is 0 Å². The first-order valence-electron chi connectivity index (χ1n) is 5.49. The highest BCUT2D eigenvalue weighted by Gasteiger charge is 2.11. The Bertz CT molecular complexity index is 390. The zero-order valence-electron chi connectivity index (χ0n) is 9.68. The van der Waals surface area contributed by atoms with Crippen LogP contribution in [0.2, 0.25) is 0 Å². The number of carbonyl (C=O) groups excluding carboxylic acids is 1. The van der Waals surface area contributed by atoms with Gasteiger partial charge >= 0.3 is 0 Å². The van der Waals surface area contributed by atoms with E-state index in [9.17, 15) is 15.0 Å². The Morgan fingerprint density at radius 3 is 2.76 bits per heavy atom. The summed E-state index contributed by atoms with van der Waals surface area (Å²) in [6.45, 7) is 2.10.